The second-order valence-electron chi connectivity index (χ2n) is 5.79. The Morgan fingerprint density at radius 3 is 2.76 bits per heavy atom. The lowest BCUT2D eigenvalue weighted by Crippen LogP contribution is -2.29. The smallest absolute Gasteiger partial charge is 0.0710 e. The SMILES string of the molecule is CCCNC(CCN1CCC(OC)C1)c1ccc(Cl)cc1. The second-order valence-corrected chi connectivity index (χ2v) is 6.23. The molecule has 1 aromatic rings. The molecule has 1 aliphatic heterocycles. The first-order valence-corrected chi connectivity index (χ1v) is 8.34. The number of hydrogen-bond acceptors (Lipinski definition) is 3. The highest BCUT2D eigenvalue weighted by molar-refractivity contribution is 6.30. The molecule has 3 nitrogen and oxygen atoms in total. The number of hydrogen-bond donors (Lipinski definition) is 1. The third-order valence-electron chi connectivity index (χ3n) is 4.21. The van der Waals surface area contributed by atoms with Crippen LogP contribution in [0.2, 0.25) is 5.02 Å². The van der Waals surface area contributed by atoms with Crippen molar-refractivity contribution in [2.45, 2.75) is 38.3 Å². The minimum absolute atomic E-state index is 0.406. The van der Waals surface area contributed by atoms with E-state index in [2.05, 4.69) is 29.3 Å². The van der Waals surface area contributed by atoms with Crippen molar-refractivity contribution in [3.05, 3.63) is 34.9 Å². The van der Waals surface area contributed by atoms with Crippen LogP contribution in [0.5, 0.6) is 0 Å². The molecule has 4 heteroatoms. The number of nitrogens with one attached hydrogen (secondary N) is 1. The van der Waals surface area contributed by atoms with Gasteiger partial charge in [-0.15, -0.1) is 0 Å². The van der Waals surface area contributed by atoms with Crippen molar-refractivity contribution in [2.24, 2.45) is 0 Å². The largest absolute Gasteiger partial charge is 0.380 e. The molecule has 1 aromatic carbocycles. The summed E-state index contributed by atoms with van der Waals surface area (Å²) in [6.07, 6.45) is 3.85. The van der Waals surface area contributed by atoms with Gasteiger partial charge in [-0.1, -0.05) is 30.7 Å². The lowest BCUT2D eigenvalue weighted by atomic mass is 10.0. The standard InChI is InChI=1S/C17H27ClN2O/c1-3-10-19-17(14-4-6-15(18)7-5-14)9-12-20-11-8-16(13-20)21-2/h4-7,16-17,19H,3,8-13H2,1-2H3. The molecule has 2 unspecified atom stereocenters. The van der Waals surface area contributed by atoms with E-state index in [9.17, 15) is 0 Å². The number of benzene rings is 1. The Bertz CT molecular complexity index is 410. The molecule has 0 saturated carbocycles. The molecular formula is C17H27ClN2O. The van der Waals surface area contributed by atoms with Crippen LogP contribution in [-0.2, 0) is 4.74 Å². The van der Waals surface area contributed by atoms with Crippen LogP contribution >= 0.6 is 11.6 Å². The third-order valence-corrected chi connectivity index (χ3v) is 4.46. The zero-order valence-electron chi connectivity index (χ0n) is 13.1. The van der Waals surface area contributed by atoms with Crippen molar-refractivity contribution in [3.63, 3.8) is 0 Å². The zero-order chi connectivity index (χ0) is 15.1. The Balaban J connectivity index is 1.89. The van der Waals surface area contributed by atoms with Crippen molar-refractivity contribution < 1.29 is 4.74 Å². The summed E-state index contributed by atoms with van der Waals surface area (Å²) < 4.78 is 5.44. The first-order chi connectivity index (χ1) is 10.2. The Kier molecular flexibility index (Phi) is 6.97. The van der Waals surface area contributed by atoms with Crippen molar-refractivity contribution in [1.29, 1.82) is 0 Å². The molecule has 21 heavy (non-hydrogen) atoms. The third kappa shape index (κ3) is 5.26. The van der Waals surface area contributed by atoms with E-state index < -0.39 is 0 Å². The molecule has 2 rings (SSSR count). The Morgan fingerprint density at radius 2 is 2.14 bits per heavy atom. The summed E-state index contributed by atoms with van der Waals surface area (Å²) in [6.45, 7) is 6.59. The highest BCUT2D eigenvalue weighted by Gasteiger charge is 2.22. The average Bonchev–Trinajstić information content (AvgIpc) is 2.97. The van der Waals surface area contributed by atoms with E-state index in [1.807, 2.05) is 19.2 Å². The van der Waals surface area contributed by atoms with Crippen molar-refractivity contribution in [3.8, 4) is 0 Å². The molecule has 118 valence electrons. The van der Waals surface area contributed by atoms with Gasteiger partial charge in [0, 0.05) is 37.8 Å². The minimum Gasteiger partial charge on any atom is -0.380 e. The summed E-state index contributed by atoms with van der Waals surface area (Å²) in [6, 6.07) is 8.64. The highest BCUT2D eigenvalue weighted by Crippen LogP contribution is 2.21. The van der Waals surface area contributed by atoms with Crippen LogP contribution in [0.25, 0.3) is 0 Å². The normalized spacial score (nSPS) is 20.8. The maximum Gasteiger partial charge on any atom is 0.0710 e. The van der Waals surface area contributed by atoms with Gasteiger partial charge >= 0.3 is 0 Å². The first kappa shape index (κ1) is 16.8. The Labute approximate surface area is 133 Å². The molecule has 0 aromatic heterocycles. The molecule has 2 atom stereocenters. The molecule has 0 spiro atoms. The van der Waals surface area contributed by atoms with Gasteiger partial charge in [0.1, 0.15) is 0 Å². The number of methoxy groups -OCH3 is 1. The number of ether oxygens (including phenoxy) is 1. The minimum atomic E-state index is 0.406. The maximum absolute atomic E-state index is 5.99. The lowest BCUT2D eigenvalue weighted by Gasteiger charge is -2.23. The maximum atomic E-state index is 5.99. The van der Waals surface area contributed by atoms with Gasteiger partial charge in [0.05, 0.1) is 6.10 Å². The van der Waals surface area contributed by atoms with Gasteiger partial charge in [-0.3, -0.25) is 0 Å². The monoisotopic (exact) mass is 310 g/mol. The van der Waals surface area contributed by atoms with Crippen LogP contribution in [0.1, 0.15) is 37.8 Å². The van der Waals surface area contributed by atoms with Gasteiger partial charge in [-0.05, 0) is 43.5 Å². The fourth-order valence-electron chi connectivity index (χ4n) is 2.90. The lowest BCUT2D eigenvalue weighted by molar-refractivity contribution is 0.107. The number of likely N-dealkylation sites (tertiary alicyclic amines) is 1. The highest BCUT2D eigenvalue weighted by atomic mass is 35.5. The summed E-state index contributed by atoms with van der Waals surface area (Å²) in [5.74, 6) is 0. The van der Waals surface area contributed by atoms with Gasteiger partial charge in [-0.25, -0.2) is 0 Å². The number of halogens is 1. The summed E-state index contributed by atoms with van der Waals surface area (Å²) in [5, 5.41) is 4.45. The molecule has 1 fully saturated rings. The van der Waals surface area contributed by atoms with Gasteiger partial charge in [0.2, 0.25) is 0 Å². The summed E-state index contributed by atoms with van der Waals surface area (Å²) in [5.41, 5.74) is 1.33. The molecule has 0 radical (unpaired) electrons. The summed E-state index contributed by atoms with van der Waals surface area (Å²) >= 11 is 5.99. The zero-order valence-corrected chi connectivity index (χ0v) is 13.9. The first-order valence-electron chi connectivity index (χ1n) is 7.97. The van der Waals surface area contributed by atoms with E-state index in [1.54, 1.807) is 0 Å². The van der Waals surface area contributed by atoms with E-state index in [0.717, 1.165) is 50.5 Å². The van der Waals surface area contributed by atoms with Crippen LogP contribution in [0.15, 0.2) is 24.3 Å². The van der Waals surface area contributed by atoms with Crippen LogP contribution in [0.3, 0.4) is 0 Å². The van der Waals surface area contributed by atoms with Gasteiger partial charge in [0.25, 0.3) is 0 Å². The molecular weight excluding hydrogens is 284 g/mol. The second kappa shape index (κ2) is 8.74. The van der Waals surface area contributed by atoms with Gasteiger partial charge in [-0.2, -0.15) is 0 Å². The van der Waals surface area contributed by atoms with E-state index in [-0.39, 0.29) is 0 Å². The summed E-state index contributed by atoms with van der Waals surface area (Å²) in [7, 11) is 1.81. The van der Waals surface area contributed by atoms with E-state index in [4.69, 9.17) is 16.3 Å². The molecule has 1 heterocycles. The fourth-order valence-corrected chi connectivity index (χ4v) is 3.03. The molecule has 0 amide bonds. The Hall–Kier alpha value is -0.610. The Morgan fingerprint density at radius 1 is 1.38 bits per heavy atom. The van der Waals surface area contributed by atoms with Crippen molar-refractivity contribution >= 4 is 11.6 Å². The van der Waals surface area contributed by atoms with E-state index >= 15 is 0 Å². The molecule has 0 bridgehead atoms. The molecule has 0 aliphatic carbocycles. The fraction of sp³-hybridized carbons (Fsp3) is 0.647. The molecule has 1 N–H and O–H groups in total. The quantitative estimate of drug-likeness (QED) is 0.795. The number of rotatable bonds is 8. The van der Waals surface area contributed by atoms with Crippen LogP contribution in [0.4, 0.5) is 0 Å². The molecule has 1 aliphatic rings. The number of nitrogens with zero attached hydrogens (tertiary/aromatic N) is 1. The van der Waals surface area contributed by atoms with Gasteiger partial charge < -0.3 is 15.0 Å². The van der Waals surface area contributed by atoms with E-state index in [0.29, 0.717) is 12.1 Å². The average molecular weight is 311 g/mol. The van der Waals surface area contributed by atoms with Crippen LogP contribution < -0.4 is 5.32 Å². The van der Waals surface area contributed by atoms with Crippen LogP contribution in [-0.4, -0.2) is 44.3 Å². The predicted molar refractivity (Wildman–Crippen MR) is 89.0 cm³/mol. The van der Waals surface area contributed by atoms with E-state index in [1.165, 1.54) is 5.56 Å². The topological polar surface area (TPSA) is 24.5 Å². The predicted octanol–water partition coefficient (Wildman–Crippen LogP) is 3.49. The summed E-state index contributed by atoms with van der Waals surface area (Å²) in [4.78, 5) is 2.50. The van der Waals surface area contributed by atoms with Crippen molar-refractivity contribution in [1.82, 2.24) is 10.2 Å². The van der Waals surface area contributed by atoms with Crippen molar-refractivity contribution in [2.75, 3.05) is 33.3 Å². The van der Waals surface area contributed by atoms with Crippen LogP contribution in [0, 0.1) is 0 Å². The van der Waals surface area contributed by atoms with Gasteiger partial charge in [0.15, 0.2) is 0 Å². The molecule has 1 saturated heterocycles.